The number of hydrogen-bond donors (Lipinski definition) is 0. The third-order valence-electron chi connectivity index (χ3n) is 4.75. The number of hydrogen-bond acceptors (Lipinski definition) is 1. The van der Waals surface area contributed by atoms with Gasteiger partial charge in [-0.15, -0.1) is 0 Å². The molecule has 3 saturated carbocycles. The molecule has 2 bridgehead atoms. The first-order chi connectivity index (χ1) is 6.44. The van der Waals surface area contributed by atoms with Crippen molar-refractivity contribution in [1.82, 2.24) is 0 Å². The Morgan fingerprint density at radius 1 is 1.29 bits per heavy atom. The van der Waals surface area contributed by atoms with Crippen molar-refractivity contribution < 1.29 is 4.79 Å². The van der Waals surface area contributed by atoms with Gasteiger partial charge in [-0.1, -0.05) is 27.7 Å². The van der Waals surface area contributed by atoms with Gasteiger partial charge < -0.3 is 0 Å². The minimum atomic E-state index is -0.0195. The van der Waals surface area contributed by atoms with E-state index in [2.05, 4.69) is 27.7 Å². The van der Waals surface area contributed by atoms with Gasteiger partial charge >= 0.3 is 0 Å². The van der Waals surface area contributed by atoms with Crippen molar-refractivity contribution in [1.29, 1.82) is 0 Å². The van der Waals surface area contributed by atoms with E-state index in [1.165, 1.54) is 12.8 Å². The van der Waals surface area contributed by atoms with Crippen LogP contribution in [0.1, 0.15) is 47.0 Å². The summed E-state index contributed by atoms with van der Waals surface area (Å²) in [4.78, 5) is 12.2. The number of carbonyl (C=O) groups is 1. The second kappa shape index (κ2) is 3.08. The summed E-state index contributed by atoms with van der Waals surface area (Å²) in [6.45, 7) is 8.85. The zero-order chi connectivity index (χ0) is 10.5. The predicted molar refractivity (Wildman–Crippen MR) is 57.9 cm³/mol. The van der Waals surface area contributed by atoms with E-state index in [1.807, 2.05) is 0 Å². The van der Waals surface area contributed by atoms with Gasteiger partial charge in [0.25, 0.3) is 0 Å². The van der Waals surface area contributed by atoms with Crippen molar-refractivity contribution in [3.8, 4) is 0 Å². The van der Waals surface area contributed by atoms with Gasteiger partial charge in [-0.25, -0.2) is 0 Å². The Balaban J connectivity index is 2.26. The maximum atomic E-state index is 12.2. The quantitative estimate of drug-likeness (QED) is 0.626. The zero-order valence-electron chi connectivity index (χ0n) is 9.84. The fourth-order valence-corrected chi connectivity index (χ4v) is 3.60. The number of carbonyl (C=O) groups excluding carboxylic acids is 1. The molecule has 1 nitrogen and oxygen atoms in total. The van der Waals surface area contributed by atoms with Crippen molar-refractivity contribution in [3.05, 3.63) is 0 Å². The van der Waals surface area contributed by atoms with E-state index >= 15 is 0 Å². The van der Waals surface area contributed by atoms with E-state index in [-0.39, 0.29) is 5.41 Å². The number of rotatable bonds is 1. The highest BCUT2D eigenvalue weighted by atomic mass is 16.1. The highest BCUT2D eigenvalue weighted by molar-refractivity contribution is 5.88. The van der Waals surface area contributed by atoms with Crippen LogP contribution in [0, 0.1) is 29.1 Å². The Morgan fingerprint density at radius 2 is 1.93 bits per heavy atom. The lowest BCUT2D eigenvalue weighted by Gasteiger charge is -2.51. The summed E-state index contributed by atoms with van der Waals surface area (Å²) < 4.78 is 0. The molecule has 0 aliphatic heterocycles. The van der Waals surface area contributed by atoms with Crippen LogP contribution >= 0.6 is 0 Å². The fourth-order valence-electron chi connectivity index (χ4n) is 3.60. The van der Waals surface area contributed by atoms with E-state index in [9.17, 15) is 4.79 Å². The lowest BCUT2D eigenvalue weighted by molar-refractivity contribution is -0.149. The van der Waals surface area contributed by atoms with E-state index in [0.717, 1.165) is 6.42 Å². The minimum absolute atomic E-state index is 0.0195. The highest BCUT2D eigenvalue weighted by Gasteiger charge is 2.52. The van der Waals surface area contributed by atoms with E-state index < -0.39 is 0 Å². The number of Topliss-reactive ketones (excluding diaryl/α,β-unsaturated/α-hetero) is 1. The molecule has 3 fully saturated rings. The highest BCUT2D eigenvalue weighted by Crippen LogP contribution is 2.53. The Morgan fingerprint density at radius 3 is 2.43 bits per heavy atom. The first kappa shape index (κ1) is 10.2. The second-order valence-electron chi connectivity index (χ2n) is 6.11. The molecule has 3 rings (SSSR count). The molecule has 3 aliphatic carbocycles. The molecule has 0 aromatic carbocycles. The van der Waals surface area contributed by atoms with E-state index in [4.69, 9.17) is 0 Å². The molecule has 14 heavy (non-hydrogen) atoms. The molecular weight excluding hydrogens is 172 g/mol. The first-order valence-electron chi connectivity index (χ1n) is 5.99. The van der Waals surface area contributed by atoms with Gasteiger partial charge in [0.05, 0.1) is 0 Å². The molecule has 1 heteroatoms. The fraction of sp³-hybridized carbons (Fsp3) is 0.923. The van der Waals surface area contributed by atoms with Gasteiger partial charge in [0.15, 0.2) is 0 Å². The molecule has 0 amide bonds. The SMILES string of the molecule is CC(C)C1CC2CCC1C(=O)C2(C)C. The van der Waals surface area contributed by atoms with E-state index in [0.29, 0.717) is 29.5 Å². The van der Waals surface area contributed by atoms with Crippen molar-refractivity contribution in [3.63, 3.8) is 0 Å². The van der Waals surface area contributed by atoms with Gasteiger partial charge in [-0.05, 0) is 37.0 Å². The average molecular weight is 194 g/mol. The van der Waals surface area contributed by atoms with Gasteiger partial charge in [-0.3, -0.25) is 4.79 Å². The lowest BCUT2D eigenvalue weighted by Crippen LogP contribution is -2.51. The molecule has 0 saturated heterocycles. The summed E-state index contributed by atoms with van der Waals surface area (Å²) in [5.41, 5.74) is -0.0195. The van der Waals surface area contributed by atoms with Crippen LogP contribution in [0.2, 0.25) is 0 Å². The number of ketones is 1. The summed E-state index contributed by atoms with van der Waals surface area (Å²) in [6, 6.07) is 0. The topological polar surface area (TPSA) is 17.1 Å². The Kier molecular flexibility index (Phi) is 2.24. The normalized spacial score (nSPS) is 40.6. The third-order valence-corrected chi connectivity index (χ3v) is 4.75. The van der Waals surface area contributed by atoms with Crippen molar-refractivity contribution in [2.24, 2.45) is 29.1 Å². The monoisotopic (exact) mass is 194 g/mol. The molecular formula is C13H22O. The molecule has 0 aromatic rings. The van der Waals surface area contributed by atoms with Crippen LogP contribution in [-0.4, -0.2) is 5.78 Å². The van der Waals surface area contributed by atoms with Crippen molar-refractivity contribution in [2.45, 2.75) is 47.0 Å². The maximum Gasteiger partial charge on any atom is 0.142 e. The Labute approximate surface area is 87.3 Å². The van der Waals surface area contributed by atoms with Crippen LogP contribution in [0.5, 0.6) is 0 Å². The maximum absolute atomic E-state index is 12.2. The summed E-state index contributed by atoms with van der Waals surface area (Å²) in [6.07, 6.45) is 3.74. The Bertz CT molecular complexity index is 252. The second-order valence-corrected chi connectivity index (χ2v) is 6.11. The molecule has 80 valence electrons. The minimum Gasteiger partial charge on any atom is -0.299 e. The summed E-state index contributed by atoms with van der Waals surface area (Å²) in [5, 5.41) is 0. The van der Waals surface area contributed by atoms with Crippen LogP contribution in [0.4, 0.5) is 0 Å². The lowest BCUT2D eigenvalue weighted by atomic mass is 9.51. The van der Waals surface area contributed by atoms with Crippen LogP contribution in [-0.2, 0) is 4.79 Å². The average Bonchev–Trinajstić information content (AvgIpc) is 2.13. The van der Waals surface area contributed by atoms with Crippen LogP contribution in [0.3, 0.4) is 0 Å². The van der Waals surface area contributed by atoms with E-state index in [1.54, 1.807) is 0 Å². The van der Waals surface area contributed by atoms with Crippen molar-refractivity contribution >= 4 is 5.78 Å². The van der Waals surface area contributed by atoms with Crippen LogP contribution in [0.15, 0.2) is 0 Å². The van der Waals surface area contributed by atoms with Gasteiger partial charge in [-0.2, -0.15) is 0 Å². The van der Waals surface area contributed by atoms with Gasteiger partial charge in [0, 0.05) is 11.3 Å². The molecule has 0 aromatic heterocycles. The molecule has 0 heterocycles. The Hall–Kier alpha value is -0.330. The largest absolute Gasteiger partial charge is 0.299 e. The summed E-state index contributed by atoms with van der Waals surface area (Å²) >= 11 is 0. The molecule has 3 atom stereocenters. The summed E-state index contributed by atoms with van der Waals surface area (Å²) in [7, 11) is 0. The standard InChI is InChI=1S/C13H22O/c1-8(2)11-7-9-5-6-10(11)12(14)13(9,3)4/h8-11H,5-7H2,1-4H3. The van der Waals surface area contributed by atoms with Gasteiger partial charge in [0.1, 0.15) is 5.78 Å². The van der Waals surface area contributed by atoms with Gasteiger partial charge in [0.2, 0.25) is 0 Å². The molecule has 0 spiro atoms. The summed E-state index contributed by atoms with van der Waals surface area (Å²) in [5.74, 6) is 2.96. The van der Waals surface area contributed by atoms with Crippen LogP contribution < -0.4 is 0 Å². The zero-order valence-corrected chi connectivity index (χ0v) is 9.84. The molecule has 3 unspecified atom stereocenters. The molecule has 3 aliphatic rings. The third kappa shape index (κ3) is 1.24. The first-order valence-corrected chi connectivity index (χ1v) is 5.99. The van der Waals surface area contributed by atoms with Crippen LogP contribution in [0.25, 0.3) is 0 Å². The number of fused-ring (bicyclic) bond motifs is 3. The predicted octanol–water partition coefficient (Wildman–Crippen LogP) is 3.28. The van der Waals surface area contributed by atoms with Crippen molar-refractivity contribution in [2.75, 3.05) is 0 Å². The molecule has 0 N–H and O–H groups in total. The smallest absolute Gasteiger partial charge is 0.142 e. The molecule has 0 radical (unpaired) electrons.